The van der Waals surface area contributed by atoms with Gasteiger partial charge in [-0.05, 0) is 37.0 Å². The first-order valence-electron chi connectivity index (χ1n) is 7.43. The van der Waals surface area contributed by atoms with E-state index in [1.165, 1.54) is 16.7 Å². The SMILES string of the molecule is Cc1cccc(CCNC(=O)N2CCc3ccccc32)c1. The van der Waals surface area contributed by atoms with Gasteiger partial charge in [0.15, 0.2) is 0 Å². The molecule has 3 nitrogen and oxygen atoms in total. The van der Waals surface area contributed by atoms with Crippen LogP contribution in [0.2, 0.25) is 0 Å². The van der Waals surface area contributed by atoms with Crippen LogP contribution < -0.4 is 10.2 Å². The minimum atomic E-state index is 0.00704. The minimum absolute atomic E-state index is 0.00704. The summed E-state index contributed by atoms with van der Waals surface area (Å²) in [7, 11) is 0. The number of nitrogens with one attached hydrogen (secondary N) is 1. The molecule has 3 heteroatoms. The summed E-state index contributed by atoms with van der Waals surface area (Å²) < 4.78 is 0. The maximum Gasteiger partial charge on any atom is 0.321 e. The first-order chi connectivity index (χ1) is 10.2. The second kappa shape index (κ2) is 6.00. The molecule has 0 unspecified atom stereocenters. The molecule has 0 atom stereocenters. The third-order valence-electron chi connectivity index (χ3n) is 3.90. The number of rotatable bonds is 3. The number of amides is 2. The first-order valence-corrected chi connectivity index (χ1v) is 7.43. The van der Waals surface area contributed by atoms with Crippen molar-refractivity contribution in [3.05, 3.63) is 65.2 Å². The van der Waals surface area contributed by atoms with Gasteiger partial charge in [-0.3, -0.25) is 4.90 Å². The van der Waals surface area contributed by atoms with Gasteiger partial charge < -0.3 is 5.32 Å². The van der Waals surface area contributed by atoms with Crippen LogP contribution in [-0.4, -0.2) is 19.1 Å². The van der Waals surface area contributed by atoms with E-state index in [4.69, 9.17) is 0 Å². The highest BCUT2D eigenvalue weighted by atomic mass is 16.2. The number of urea groups is 1. The number of hydrogen-bond donors (Lipinski definition) is 1. The Morgan fingerprint density at radius 2 is 2.05 bits per heavy atom. The molecule has 0 spiro atoms. The summed E-state index contributed by atoms with van der Waals surface area (Å²) >= 11 is 0. The standard InChI is InChI=1S/C18H20N2O/c1-14-5-4-6-15(13-14)9-11-19-18(21)20-12-10-16-7-2-3-8-17(16)20/h2-8,13H,9-12H2,1H3,(H,19,21). The molecule has 0 saturated heterocycles. The average Bonchev–Trinajstić information content (AvgIpc) is 2.91. The minimum Gasteiger partial charge on any atom is -0.337 e. The lowest BCUT2D eigenvalue weighted by molar-refractivity contribution is 0.247. The van der Waals surface area contributed by atoms with Crippen molar-refractivity contribution in [3.63, 3.8) is 0 Å². The third-order valence-corrected chi connectivity index (χ3v) is 3.90. The number of nitrogens with zero attached hydrogens (tertiary/aromatic N) is 1. The fourth-order valence-corrected chi connectivity index (χ4v) is 2.83. The van der Waals surface area contributed by atoms with Crippen molar-refractivity contribution in [2.45, 2.75) is 19.8 Å². The fourth-order valence-electron chi connectivity index (χ4n) is 2.83. The lowest BCUT2D eigenvalue weighted by Gasteiger charge is -2.18. The molecule has 2 aromatic carbocycles. The molecule has 108 valence electrons. The molecular formula is C18H20N2O. The summed E-state index contributed by atoms with van der Waals surface area (Å²) in [5.74, 6) is 0. The van der Waals surface area contributed by atoms with E-state index in [-0.39, 0.29) is 6.03 Å². The highest BCUT2D eigenvalue weighted by Crippen LogP contribution is 2.27. The molecule has 1 aliphatic heterocycles. The van der Waals surface area contributed by atoms with Gasteiger partial charge in [0.2, 0.25) is 0 Å². The molecule has 0 saturated carbocycles. The summed E-state index contributed by atoms with van der Waals surface area (Å²) in [5.41, 5.74) is 4.82. The predicted molar refractivity (Wildman–Crippen MR) is 85.8 cm³/mol. The maximum atomic E-state index is 12.3. The van der Waals surface area contributed by atoms with Crippen LogP contribution in [0.5, 0.6) is 0 Å². The molecule has 0 bridgehead atoms. The largest absolute Gasteiger partial charge is 0.337 e. The Labute approximate surface area is 125 Å². The van der Waals surface area contributed by atoms with Gasteiger partial charge in [0.05, 0.1) is 0 Å². The lowest BCUT2D eigenvalue weighted by atomic mass is 10.1. The van der Waals surface area contributed by atoms with Crippen LogP contribution in [0, 0.1) is 6.92 Å². The Hall–Kier alpha value is -2.29. The third kappa shape index (κ3) is 3.07. The molecule has 0 fully saturated rings. The van der Waals surface area contributed by atoms with Gasteiger partial charge in [0.1, 0.15) is 0 Å². The summed E-state index contributed by atoms with van der Waals surface area (Å²) in [6, 6.07) is 16.5. The highest BCUT2D eigenvalue weighted by Gasteiger charge is 2.23. The monoisotopic (exact) mass is 280 g/mol. The second-order valence-electron chi connectivity index (χ2n) is 5.50. The number of carbonyl (C=O) groups is 1. The van der Waals surface area contributed by atoms with E-state index in [0.29, 0.717) is 6.54 Å². The normalized spacial score (nSPS) is 13.1. The van der Waals surface area contributed by atoms with E-state index in [0.717, 1.165) is 25.1 Å². The maximum absolute atomic E-state index is 12.3. The number of para-hydroxylation sites is 1. The van der Waals surface area contributed by atoms with Gasteiger partial charge in [0, 0.05) is 18.8 Å². The molecule has 1 aliphatic rings. The van der Waals surface area contributed by atoms with Crippen molar-refractivity contribution in [1.29, 1.82) is 0 Å². The molecule has 21 heavy (non-hydrogen) atoms. The summed E-state index contributed by atoms with van der Waals surface area (Å²) in [6.45, 7) is 3.53. The second-order valence-corrected chi connectivity index (χ2v) is 5.50. The van der Waals surface area contributed by atoms with E-state index < -0.39 is 0 Å². The molecule has 1 heterocycles. The van der Waals surface area contributed by atoms with Crippen molar-refractivity contribution in [2.24, 2.45) is 0 Å². The van der Waals surface area contributed by atoms with Crippen molar-refractivity contribution < 1.29 is 4.79 Å². The van der Waals surface area contributed by atoms with Crippen LogP contribution in [0.1, 0.15) is 16.7 Å². The zero-order valence-electron chi connectivity index (χ0n) is 12.3. The number of benzene rings is 2. The number of fused-ring (bicyclic) bond motifs is 1. The van der Waals surface area contributed by atoms with Crippen LogP contribution in [0.4, 0.5) is 10.5 Å². The molecular weight excluding hydrogens is 260 g/mol. The van der Waals surface area contributed by atoms with Gasteiger partial charge in [-0.2, -0.15) is 0 Å². The number of anilines is 1. The van der Waals surface area contributed by atoms with E-state index in [1.54, 1.807) is 0 Å². The van der Waals surface area contributed by atoms with Crippen LogP contribution in [0.3, 0.4) is 0 Å². The first kappa shape index (κ1) is 13.7. The van der Waals surface area contributed by atoms with Gasteiger partial charge >= 0.3 is 6.03 Å². The lowest BCUT2D eigenvalue weighted by Crippen LogP contribution is -2.39. The number of aryl methyl sites for hydroxylation is 1. The summed E-state index contributed by atoms with van der Waals surface area (Å²) in [4.78, 5) is 14.1. The Kier molecular flexibility index (Phi) is 3.91. The molecule has 0 aromatic heterocycles. The van der Waals surface area contributed by atoms with Crippen LogP contribution in [-0.2, 0) is 12.8 Å². The Bertz CT molecular complexity index is 651. The quantitative estimate of drug-likeness (QED) is 0.919. The van der Waals surface area contributed by atoms with Gasteiger partial charge in [-0.15, -0.1) is 0 Å². The molecule has 0 aliphatic carbocycles. The van der Waals surface area contributed by atoms with Crippen LogP contribution in [0.25, 0.3) is 0 Å². The van der Waals surface area contributed by atoms with Gasteiger partial charge in [-0.25, -0.2) is 4.79 Å². The van der Waals surface area contributed by atoms with E-state index in [2.05, 4.69) is 42.6 Å². The number of hydrogen-bond acceptors (Lipinski definition) is 1. The smallest absolute Gasteiger partial charge is 0.321 e. The topological polar surface area (TPSA) is 32.3 Å². The number of carbonyl (C=O) groups excluding carboxylic acids is 1. The Balaban J connectivity index is 1.56. The zero-order chi connectivity index (χ0) is 14.7. The van der Waals surface area contributed by atoms with Crippen molar-refractivity contribution in [1.82, 2.24) is 5.32 Å². The van der Waals surface area contributed by atoms with Crippen molar-refractivity contribution >= 4 is 11.7 Å². The molecule has 1 N–H and O–H groups in total. The molecule has 0 radical (unpaired) electrons. The predicted octanol–water partition coefficient (Wildman–Crippen LogP) is 3.31. The molecule has 2 aromatic rings. The van der Waals surface area contributed by atoms with E-state index >= 15 is 0 Å². The molecule has 3 rings (SSSR count). The fraction of sp³-hybridized carbons (Fsp3) is 0.278. The molecule has 2 amide bonds. The van der Waals surface area contributed by atoms with Gasteiger partial charge in [-0.1, -0.05) is 48.0 Å². The van der Waals surface area contributed by atoms with Gasteiger partial charge in [0.25, 0.3) is 0 Å². The Morgan fingerprint density at radius 1 is 1.19 bits per heavy atom. The van der Waals surface area contributed by atoms with E-state index in [1.807, 2.05) is 23.1 Å². The van der Waals surface area contributed by atoms with Crippen molar-refractivity contribution in [3.8, 4) is 0 Å². The summed E-state index contributed by atoms with van der Waals surface area (Å²) in [5, 5.41) is 3.02. The zero-order valence-corrected chi connectivity index (χ0v) is 12.3. The Morgan fingerprint density at radius 3 is 2.90 bits per heavy atom. The highest BCUT2D eigenvalue weighted by molar-refractivity contribution is 5.94. The summed E-state index contributed by atoms with van der Waals surface area (Å²) in [6.07, 6.45) is 1.81. The average molecular weight is 280 g/mol. The van der Waals surface area contributed by atoms with Crippen LogP contribution in [0.15, 0.2) is 48.5 Å². The van der Waals surface area contributed by atoms with Crippen LogP contribution >= 0.6 is 0 Å². The van der Waals surface area contributed by atoms with Crippen molar-refractivity contribution in [2.75, 3.05) is 18.0 Å². The van der Waals surface area contributed by atoms with E-state index in [9.17, 15) is 4.79 Å².